The maximum atomic E-state index is 6.25. The number of aryl methyl sites for hydroxylation is 2. The Morgan fingerprint density at radius 1 is 1.14 bits per heavy atom. The van der Waals surface area contributed by atoms with Crippen molar-refractivity contribution < 1.29 is 0 Å². The number of hydrogen-bond acceptors (Lipinski definition) is 1. The fraction of sp³-hybridized carbons (Fsp3) is 0.684. The van der Waals surface area contributed by atoms with E-state index in [2.05, 4.69) is 65.9 Å². The average molecular weight is 310 g/mol. The van der Waals surface area contributed by atoms with Crippen molar-refractivity contribution in [1.29, 1.82) is 0 Å². The summed E-state index contributed by atoms with van der Waals surface area (Å²) in [7, 11) is 0. The zero-order chi connectivity index (χ0) is 16.2. The molecule has 0 aliphatic carbocycles. The highest BCUT2D eigenvalue weighted by atomic mass is 35.5. The first-order valence-electron chi connectivity index (χ1n) is 8.16. The molecule has 0 saturated carbocycles. The van der Waals surface area contributed by atoms with Gasteiger partial charge in [-0.15, -0.1) is 0 Å². The molecule has 120 valence electrons. The van der Waals surface area contributed by atoms with Gasteiger partial charge in [0.15, 0.2) is 0 Å². The summed E-state index contributed by atoms with van der Waals surface area (Å²) in [5.74, 6) is 0.655. The van der Waals surface area contributed by atoms with Crippen LogP contribution in [0.2, 0.25) is 5.02 Å². The minimum atomic E-state index is 0.335. The van der Waals surface area contributed by atoms with Crippen LogP contribution in [-0.2, 0) is 0 Å². The Balaban J connectivity index is 3.05. The van der Waals surface area contributed by atoms with Gasteiger partial charge in [0.1, 0.15) is 0 Å². The standard InChI is InChI=1S/C19H32ClN/c1-8-9-21-18(12-15(4)19(5,6)7)16-10-14(3)17(20)11-13(16)2/h10-11,15,18,21H,8-9,12H2,1-7H3. The molecule has 21 heavy (non-hydrogen) atoms. The molecular weight excluding hydrogens is 278 g/mol. The predicted molar refractivity (Wildman–Crippen MR) is 95.2 cm³/mol. The van der Waals surface area contributed by atoms with Crippen LogP contribution < -0.4 is 5.32 Å². The van der Waals surface area contributed by atoms with Crippen molar-refractivity contribution in [2.24, 2.45) is 11.3 Å². The van der Waals surface area contributed by atoms with E-state index in [1.54, 1.807) is 0 Å². The average Bonchev–Trinajstić information content (AvgIpc) is 2.37. The molecule has 0 aliphatic rings. The molecule has 0 saturated heterocycles. The van der Waals surface area contributed by atoms with Crippen LogP contribution in [0.1, 0.15) is 70.2 Å². The van der Waals surface area contributed by atoms with E-state index >= 15 is 0 Å². The zero-order valence-electron chi connectivity index (χ0n) is 14.8. The number of benzene rings is 1. The Labute approximate surface area is 136 Å². The van der Waals surface area contributed by atoms with Gasteiger partial charge in [-0.2, -0.15) is 0 Å². The van der Waals surface area contributed by atoms with E-state index in [1.807, 2.05) is 0 Å². The number of rotatable bonds is 6. The molecule has 2 heteroatoms. The van der Waals surface area contributed by atoms with Crippen LogP contribution in [-0.4, -0.2) is 6.54 Å². The minimum absolute atomic E-state index is 0.335. The van der Waals surface area contributed by atoms with Gasteiger partial charge >= 0.3 is 0 Å². The summed E-state index contributed by atoms with van der Waals surface area (Å²) >= 11 is 6.25. The van der Waals surface area contributed by atoms with Crippen LogP contribution in [0.3, 0.4) is 0 Å². The van der Waals surface area contributed by atoms with Crippen LogP contribution in [0, 0.1) is 25.2 Å². The minimum Gasteiger partial charge on any atom is -0.310 e. The molecule has 1 aromatic rings. The highest BCUT2D eigenvalue weighted by Crippen LogP contribution is 2.35. The summed E-state index contributed by atoms with van der Waals surface area (Å²) in [4.78, 5) is 0. The number of nitrogens with one attached hydrogen (secondary N) is 1. The molecule has 0 fully saturated rings. The van der Waals surface area contributed by atoms with Gasteiger partial charge in [-0.1, -0.05) is 52.3 Å². The highest BCUT2D eigenvalue weighted by Gasteiger charge is 2.25. The highest BCUT2D eigenvalue weighted by molar-refractivity contribution is 6.31. The van der Waals surface area contributed by atoms with Crippen LogP contribution in [0.15, 0.2) is 12.1 Å². The van der Waals surface area contributed by atoms with Crippen LogP contribution in [0.25, 0.3) is 0 Å². The Morgan fingerprint density at radius 2 is 1.76 bits per heavy atom. The smallest absolute Gasteiger partial charge is 0.0438 e. The molecule has 1 N–H and O–H groups in total. The molecular formula is C19H32ClN. The molecule has 2 atom stereocenters. The normalized spacial score (nSPS) is 15.0. The van der Waals surface area contributed by atoms with E-state index in [0.717, 1.165) is 24.4 Å². The van der Waals surface area contributed by atoms with E-state index in [-0.39, 0.29) is 0 Å². The summed E-state index contributed by atoms with van der Waals surface area (Å²) in [6.07, 6.45) is 2.32. The molecule has 0 aliphatic heterocycles. The lowest BCUT2D eigenvalue weighted by Gasteiger charge is -2.32. The second-order valence-corrected chi connectivity index (χ2v) is 7.87. The number of hydrogen-bond donors (Lipinski definition) is 1. The Hall–Kier alpha value is -0.530. The summed E-state index contributed by atoms with van der Waals surface area (Å²) in [5, 5.41) is 4.60. The van der Waals surface area contributed by atoms with Crippen LogP contribution in [0.5, 0.6) is 0 Å². The molecule has 1 aromatic carbocycles. The van der Waals surface area contributed by atoms with Gasteiger partial charge in [-0.05, 0) is 67.3 Å². The van der Waals surface area contributed by atoms with Gasteiger partial charge in [0, 0.05) is 11.1 Å². The maximum absolute atomic E-state index is 6.25. The van der Waals surface area contributed by atoms with E-state index in [0.29, 0.717) is 17.4 Å². The fourth-order valence-electron chi connectivity index (χ4n) is 2.52. The first-order valence-corrected chi connectivity index (χ1v) is 8.54. The third-order valence-corrected chi connectivity index (χ3v) is 5.04. The second-order valence-electron chi connectivity index (χ2n) is 7.47. The lowest BCUT2D eigenvalue weighted by Crippen LogP contribution is -2.28. The predicted octanol–water partition coefficient (Wildman–Crippen LogP) is 6.07. The van der Waals surface area contributed by atoms with Crippen molar-refractivity contribution in [3.8, 4) is 0 Å². The van der Waals surface area contributed by atoms with Gasteiger partial charge in [0.25, 0.3) is 0 Å². The Bertz CT molecular complexity index is 459. The lowest BCUT2D eigenvalue weighted by molar-refractivity contribution is 0.223. The Morgan fingerprint density at radius 3 is 2.29 bits per heavy atom. The molecule has 1 nitrogen and oxygen atoms in total. The maximum Gasteiger partial charge on any atom is 0.0438 e. The van der Waals surface area contributed by atoms with Crippen molar-refractivity contribution in [2.45, 2.75) is 67.3 Å². The van der Waals surface area contributed by atoms with E-state index in [9.17, 15) is 0 Å². The molecule has 0 spiro atoms. The summed E-state index contributed by atoms with van der Waals surface area (Å²) in [6.45, 7) is 16.9. The van der Waals surface area contributed by atoms with Gasteiger partial charge < -0.3 is 5.32 Å². The molecule has 0 amide bonds. The zero-order valence-corrected chi connectivity index (χ0v) is 15.6. The fourth-order valence-corrected chi connectivity index (χ4v) is 2.74. The monoisotopic (exact) mass is 309 g/mol. The van der Waals surface area contributed by atoms with E-state index in [4.69, 9.17) is 11.6 Å². The molecule has 0 aromatic heterocycles. The third kappa shape index (κ3) is 5.30. The third-order valence-electron chi connectivity index (χ3n) is 4.63. The first-order chi connectivity index (χ1) is 9.66. The van der Waals surface area contributed by atoms with Gasteiger partial charge in [0.2, 0.25) is 0 Å². The lowest BCUT2D eigenvalue weighted by atomic mass is 9.77. The molecule has 0 heterocycles. The quantitative estimate of drug-likeness (QED) is 0.672. The van der Waals surface area contributed by atoms with Crippen LogP contribution >= 0.6 is 11.6 Å². The summed E-state index contributed by atoms with van der Waals surface area (Å²) < 4.78 is 0. The molecule has 2 unspecified atom stereocenters. The van der Waals surface area contributed by atoms with Gasteiger partial charge in [0.05, 0.1) is 0 Å². The van der Waals surface area contributed by atoms with Crippen LogP contribution in [0.4, 0.5) is 0 Å². The van der Waals surface area contributed by atoms with Crippen molar-refractivity contribution in [3.63, 3.8) is 0 Å². The summed E-state index contributed by atoms with van der Waals surface area (Å²) in [6, 6.07) is 4.78. The topological polar surface area (TPSA) is 12.0 Å². The first kappa shape index (κ1) is 18.5. The Kier molecular flexibility index (Phi) is 6.74. The molecule has 0 radical (unpaired) electrons. The SMILES string of the molecule is CCCNC(CC(C)C(C)(C)C)c1cc(C)c(Cl)cc1C. The molecule has 0 bridgehead atoms. The van der Waals surface area contributed by atoms with Crippen molar-refractivity contribution in [1.82, 2.24) is 5.32 Å². The van der Waals surface area contributed by atoms with Crippen molar-refractivity contribution in [3.05, 3.63) is 33.8 Å². The van der Waals surface area contributed by atoms with Crippen molar-refractivity contribution in [2.75, 3.05) is 6.54 Å². The van der Waals surface area contributed by atoms with E-state index < -0.39 is 0 Å². The molecule has 1 rings (SSSR count). The van der Waals surface area contributed by atoms with E-state index in [1.165, 1.54) is 16.7 Å². The van der Waals surface area contributed by atoms with Gasteiger partial charge in [-0.25, -0.2) is 0 Å². The second kappa shape index (κ2) is 7.65. The van der Waals surface area contributed by atoms with Gasteiger partial charge in [-0.3, -0.25) is 0 Å². The van der Waals surface area contributed by atoms with Crippen molar-refractivity contribution >= 4 is 11.6 Å². The largest absolute Gasteiger partial charge is 0.310 e. The number of halogens is 1. The summed E-state index contributed by atoms with van der Waals surface area (Å²) in [5.41, 5.74) is 4.20.